The lowest BCUT2D eigenvalue weighted by molar-refractivity contribution is -0.137. The second kappa shape index (κ2) is 7.97. The van der Waals surface area contributed by atoms with Crippen LogP contribution in [0, 0.1) is 0 Å². The summed E-state index contributed by atoms with van der Waals surface area (Å²) in [5.41, 5.74) is 0.560. The normalized spacial score (nSPS) is 11.3. The van der Waals surface area contributed by atoms with Gasteiger partial charge in [0.25, 0.3) is 5.91 Å². The molecule has 2 heterocycles. The number of rotatable bonds is 5. The van der Waals surface area contributed by atoms with Crippen LogP contribution in [-0.2, 0) is 12.7 Å². The van der Waals surface area contributed by atoms with E-state index in [0.717, 1.165) is 34.9 Å². The molecule has 0 radical (unpaired) electrons. The van der Waals surface area contributed by atoms with E-state index in [9.17, 15) is 18.0 Å². The number of benzene rings is 1. The van der Waals surface area contributed by atoms with Crippen molar-refractivity contribution in [1.82, 2.24) is 15.3 Å². The van der Waals surface area contributed by atoms with E-state index in [0.29, 0.717) is 10.6 Å². The van der Waals surface area contributed by atoms with Crippen LogP contribution in [0.1, 0.15) is 21.6 Å². The standard InChI is InChI=1S/C19H17F3N4OS/c1-26(2)16-7-6-12(9-23-16)10-24-17(27)15-11-28-18(25-15)13-4-3-5-14(8-13)19(20,21)22/h3-9,11H,10H2,1-2H3,(H,24,27). The molecule has 0 unspecified atom stereocenters. The van der Waals surface area contributed by atoms with Gasteiger partial charge in [0.2, 0.25) is 0 Å². The van der Waals surface area contributed by atoms with Gasteiger partial charge in [-0.25, -0.2) is 9.97 Å². The van der Waals surface area contributed by atoms with Crippen LogP contribution in [0.3, 0.4) is 0 Å². The number of carbonyl (C=O) groups is 1. The first kappa shape index (κ1) is 19.8. The SMILES string of the molecule is CN(C)c1ccc(CNC(=O)c2csc(-c3cccc(C(F)(F)F)c3)n2)cn1. The Balaban J connectivity index is 1.67. The van der Waals surface area contributed by atoms with E-state index in [1.807, 2.05) is 31.1 Å². The highest BCUT2D eigenvalue weighted by Crippen LogP contribution is 2.33. The summed E-state index contributed by atoms with van der Waals surface area (Å²) in [4.78, 5) is 22.6. The van der Waals surface area contributed by atoms with Crippen molar-refractivity contribution >= 4 is 23.1 Å². The number of aromatic nitrogens is 2. The van der Waals surface area contributed by atoms with Gasteiger partial charge >= 0.3 is 6.18 Å². The van der Waals surface area contributed by atoms with E-state index in [1.54, 1.807) is 6.20 Å². The first-order valence-corrected chi connectivity index (χ1v) is 9.15. The number of amides is 1. The van der Waals surface area contributed by atoms with Crippen molar-refractivity contribution in [3.05, 3.63) is 64.8 Å². The fourth-order valence-corrected chi connectivity index (χ4v) is 3.19. The number of carbonyl (C=O) groups excluding carboxylic acids is 1. The molecule has 0 fully saturated rings. The van der Waals surface area contributed by atoms with E-state index in [-0.39, 0.29) is 12.2 Å². The number of anilines is 1. The summed E-state index contributed by atoms with van der Waals surface area (Å²) < 4.78 is 38.6. The van der Waals surface area contributed by atoms with Crippen LogP contribution >= 0.6 is 11.3 Å². The monoisotopic (exact) mass is 406 g/mol. The Morgan fingerprint density at radius 1 is 1.21 bits per heavy atom. The molecule has 9 heteroatoms. The van der Waals surface area contributed by atoms with Crippen molar-refractivity contribution < 1.29 is 18.0 Å². The maximum absolute atomic E-state index is 12.9. The van der Waals surface area contributed by atoms with Gasteiger partial charge in [-0.1, -0.05) is 18.2 Å². The molecule has 0 spiro atoms. The Bertz CT molecular complexity index is 968. The molecular formula is C19H17F3N4OS. The third-order valence-electron chi connectivity index (χ3n) is 3.89. The van der Waals surface area contributed by atoms with Crippen LogP contribution in [-0.4, -0.2) is 30.0 Å². The van der Waals surface area contributed by atoms with Crippen LogP contribution in [0.15, 0.2) is 48.0 Å². The average molecular weight is 406 g/mol. The van der Waals surface area contributed by atoms with Gasteiger partial charge in [-0.05, 0) is 23.8 Å². The molecule has 28 heavy (non-hydrogen) atoms. The topological polar surface area (TPSA) is 58.1 Å². The second-order valence-electron chi connectivity index (χ2n) is 6.22. The van der Waals surface area contributed by atoms with Crippen LogP contribution in [0.25, 0.3) is 10.6 Å². The summed E-state index contributed by atoms with van der Waals surface area (Å²) in [5.74, 6) is 0.409. The maximum atomic E-state index is 12.9. The number of alkyl halides is 3. The van der Waals surface area contributed by atoms with Crippen LogP contribution in [0.4, 0.5) is 19.0 Å². The molecule has 3 rings (SSSR count). The van der Waals surface area contributed by atoms with Gasteiger partial charge in [0.15, 0.2) is 0 Å². The van der Waals surface area contributed by atoms with E-state index in [2.05, 4.69) is 15.3 Å². The summed E-state index contributed by atoms with van der Waals surface area (Å²) in [7, 11) is 3.77. The number of pyridine rings is 1. The van der Waals surface area contributed by atoms with E-state index < -0.39 is 17.6 Å². The molecule has 3 aromatic rings. The van der Waals surface area contributed by atoms with Gasteiger partial charge in [0.1, 0.15) is 16.5 Å². The lowest BCUT2D eigenvalue weighted by Crippen LogP contribution is -2.23. The molecule has 146 valence electrons. The molecule has 1 aromatic carbocycles. The minimum absolute atomic E-state index is 0.162. The smallest absolute Gasteiger partial charge is 0.363 e. The molecule has 0 saturated carbocycles. The van der Waals surface area contributed by atoms with Crippen LogP contribution < -0.4 is 10.2 Å². The number of halogens is 3. The Morgan fingerprint density at radius 2 is 2.00 bits per heavy atom. The van der Waals surface area contributed by atoms with Crippen LogP contribution in [0.2, 0.25) is 0 Å². The first-order valence-electron chi connectivity index (χ1n) is 8.27. The molecule has 5 nitrogen and oxygen atoms in total. The van der Waals surface area contributed by atoms with Gasteiger partial charge in [0, 0.05) is 37.8 Å². The molecule has 1 amide bonds. The molecule has 0 aliphatic heterocycles. The van der Waals surface area contributed by atoms with Gasteiger partial charge in [-0.15, -0.1) is 11.3 Å². The molecule has 0 bridgehead atoms. The largest absolute Gasteiger partial charge is 0.416 e. The highest BCUT2D eigenvalue weighted by atomic mass is 32.1. The molecule has 0 saturated heterocycles. The number of thiazole rings is 1. The third kappa shape index (κ3) is 4.66. The lowest BCUT2D eigenvalue weighted by atomic mass is 10.1. The predicted octanol–water partition coefficient (Wildman–Crippen LogP) is 4.22. The zero-order chi connectivity index (χ0) is 20.3. The summed E-state index contributed by atoms with van der Waals surface area (Å²) >= 11 is 1.12. The number of hydrogen-bond acceptors (Lipinski definition) is 5. The zero-order valence-corrected chi connectivity index (χ0v) is 15.9. The van der Waals surface area contributed by atoms with Gasteiger partial charge in [-0.2, -0.15) is 13.2 Å². The van der Waals surface area contributed by atoms with Crippen molar-refractivity contribution in [3.8, 4) is 10.6 Å². The van der Waals surface area contributed by atoms with Crippen molar-refractivity contribution in [2.45, 2.75) is 12.7 Å². The quantitative estimate of drug-likeness (QED) is 0.689. The molecule has 1 N–H and O–H groups in total. The van der Waals surface area contributed by atoms with E-state index >= 15 is 0 Å². The van der Waals surface area contributed by atoms with Crippen molar-refractivity contribution in [1.29, 1.82) is 0 Å². The highest BCUT2D eigenvalue weighted by Gasteiger charge is 2.30. The zero-order valence-electron chi connectivity index (χ0n) is 15.1. The molecule has 0 aliphatic rings. The van der Waals surface area contributed by atoms with Crippen molar-refractivity contribution in [2.75, 3.05) is 19.0 Å². The molecular weight excluding hydrogens is 389 g/mol. The fraction of sp³-hybridized carbons (Fsp3) is 0.211. The van der Waals surface area contributed by atoms with E-state index in [1.165, 1.54) is 17.5 Å². The predicted molar refractivity (Wildman–Crippen MR) is 102 cm³/mol. The maximum Gasteiger partial charge on any atom is 0.416 e. The van der Waals surface area contributed by atoms with Crippen LogP contribution in [0.5, 0.6) is 0 Å². The Hall–Kier alpha value is -2.94. The van der Waals surface area contributed by atoms with Gasteiger partial charge < -0.3 is 10.2 Å². The first-order chi connectivity index (χ1) is 13.2. The van der Waals surface area contributed by atoms with Crippen molar-refractivity contribution in [2.24, 2.45) is 0 Å². The second-order valence-corrected chi connectivity index (χ2v) is 7.08. The summed E-state index contributed by atoms with van der Waals surface area (Å²) in [6, 6.07) is 8.59. The Labute approximate surface area is 163 Å². The minimum Gasteiger partial charge on any atom is -0.363 e. The summed E-state index contributed by atoms with van der Waals surface area (Å²) in [5, 5.41) is 4.62. The Morgan fingerprint density at radius 3 is 2.64 bits per heavy atom. The van der Waals surface area contributed by atoms with Gasteiger partial charge in [-0.3, -0.25) is 4.79 Å². The lowest BCUT2D eigenvalue weighted by Gasteiger charge is -2.11. The number of nitrogens with one attached hydrogen (secondary N) is 1. The van der Waals surface area contributed by atoms with Gasteiger partial charge in [0.05, 0.1) is 5.56 Å². The molecule has 0 aliphatic carbocycles. The number of hydrogen-bond donors (Lipinski definition) is 1. The fourth-order valence-electron chi connectivity index (χ4n) is 2.40. The minimum atomic E-state index is -4.43. The summed E-state index contributed by atoms with van der Waals surface area (Å²) in [6.45, 7) is 0.274. The Kier molecular flexibility index (Phi) is 5.64. The molecule has 2 aromatic heterocycles. The van der Waals surface area contributed by atoms with E-state index in [4.69, 9.17) is 0 Å². The summed E-state index contributed by atoms with van der Waals surface area (Å²) in [6.07, 6.45) is -2.76. The highest BCUT2D eigenvalue weighted by molar-refractivity contribution is 7.13. The van der Waals surface area contributed by atoms with Crippen molar-refractivity contribution in [3.63, 3.8) is 0 Å². The average Bonchev–Trinajstić information content (AvgIpc) is 3.16. The number of nitrogens with zero attached hydrogens (tertiary/aromatic N) is 3. The third-order valence-corrected chi connectivity index (χ3v) is 4.79. The molecule has 0 atom stereocenters.